The zero-order chi connectivity index (χ0) is 31.6. The number of anilines is 1. The second-order valence-corrected chi connectivity index (χ2v) is 11.6. The molecule has 3 aromatic carbocycles. The molecule has 43 heavy (non-hydrogen) atoms. The van der Waals surface area contributed by atoms with E-state index in [1.807, 2.05) is 36.4 Å². The number of alkyl carbamates (subject to hydrolysis) is 1. The molecule has 0 aliphatic carbocycles. The summed E-state index contributed by atoms with van der Waals surface area (Å²) in [4.78, 5) is 41.7. The van der Waals surface area contributed by atoms with Gasteiger partial charge < -0.3 is 24.3 Å². The Kier molecular flexibility index (Phi) is 10.9. The highest BCUT2D eigenvalue weighted by molar-refractivity contribution is 6.10. The summed E-state index contributed by atoms with van der Waals surface area (Å²) < 4.78 is 21.6. The Morgan fingerprint density at radius 2 is 1.47 bits per heavy atom. The number of methoxy groups -OCH3 is 1. The normalized spacial score (nSPS) is 12.5. The summed E-state index contributed by atoms with van der Waals surface area (Å²) in [7, 11) is 1.32. The lowest BCUT2D eigenvalue weighted by Crippen LogP contribution is -2.37. The number of hydrogen-bond donors (Lipinski definition) is 2. The number of amidine groups is 1. The Labute approximate surface area is 252 Å². The van der Waals surface area contributed by atoms with Crippen LogP contribution in [0.1, 0.15) is 64.3 Å². The van der Waals surface area contributed by atoms with Crippen molar-refractivity contribution in [1.29, 1.82) is 0 Å². The zero-order valence-electron chi connectivity index (χ0n) is 25.6. The minimum atomic E-state index is -0.874. The summed E-state index contributed by atoms with van der Waals surface area (Å²) in [5.74, 6) is 0.0505. The Morgan fingerprint density at radius 3 is 2.07 bits per heavy atom. The second-order valence-electron chi connectivity index (χ2n) is 11.6. The number of hydrogen-bond acceptors (Lipinski definition) is 8. The molecule has 2 amide bonds. The van der Waals surface area contributed by atoms with E-state index in [-0.39, 0.29) is 5.84 Å². The topological polar surface area (TPSA) is 125 Å². The molecular formula is C33H39N3O7. The van der Waals surface area contributed by atoms with Crippen LogP contribution in [0.3, 0.4) is 0 Å². The number of nitrogens with one attached hydrogen (secondary N) is 2. The lowest BCUT2D eigenvalue weighted by atomic mass is 10.1. The van der Waals surface area contributed by atoms with Crippen LogP contribution in [0.4, 0.5) is 15.3 Å². The number of carbonyl (C=O) groups is 3. The van der Waals surface area contributed by atoms with E-state index in [4.69, 9.17) is 18.9 Å². The smallest absolute Gasteiger partial charge is 0.436 e. The van der Waals surface area contributed by atoms with Crippen LogP contribution >= 0.6 is 0 Å². The maximum atomic E-state index is 12.8. The van der Waals surface area contributed by atoms with Crippen molar-refractivity contribution in [3.05, 3.63) is 95.6 Å². The van der Waals surface area contributed by atoms with Crippen molar-refractivity contribution in [3.8, 4) is 5.75 Å². The molecule has 0 aliphatic heterocycles. The Morgan fingerprint density at radius 1 is 0.814 bits per heavy atom. The first-order chi connectivity index (χ1) is 20.2. The molecule has 0 fully saturated rings. The summed E-state index contributed by atoms with van der Waals surface area (Å²) in [5.41, 5.74) is 1.10. The SMILES string of the molecule is COC(=O)C(Nc1ccc(/C(=N/C(=O)OC(C)(C)C)NC(=O)OC(C)(C)C)cc1)c1cccc(OCc2ccccc2)c1. The van der Waals surface area contributed by atoms with Gasteiger partial charge in [-0.15, -0.1) is 0 Å². The highest BCUT2D eigenvalue weighted by atomic mass is 16.6. The lowest BCUT2D eigenvalue weighted by molar-refractivity contribution is -0.141. The van der Waals surface area contributed by atoms with Gasteiger partial charge in [0, 0.05) is 11.3 Å². The summed E-state index contributed by atoms with van der Waals surface area (Å²) >= 11 is 0. The van der Waals surface area contributed by atoms with Crippen molar-refractivity contribution in [2.75, 3.05) is 12.4 Å². The molecule has 0 spiro atoms. The molecule has 1 atom stereocenters. The fraction of sp³-hybridized carbons (Fsp3) is 0.333. The first-order valence-electron chi connectivity index (χ1n) is 13.8. The maximum absolute atomic E-state index is 12.8. The number of nitrogens with zero attached hydrogens (tertiary/aromatic N) is 1. The molecule has 0 heterocycles. The third kappa shape index (κ3) is 11.1. The van der Waals surface area contributed by atoms with Crippen LogP contribution in [-0.4, -0.2) is 42.3 Å². The van der Waals surface area contributed by atoms with Gasteiger partial charge >= 0.3 is 18.2 Å². The number of carbonyl (C=O) groups excluding carboxylic acids is 3. The molecule has 10 nitrogen and oxygen atoms in total. The van der Waals surface area contributed by atoms with E-state index in [1.54, 1.807) is 84.0 Å². The van der Waals surface area contributed by atoms with Crippen LogP contribution in [0.2, 0.25) is 0 Å². The molecule has 1 unspecified atom stereocenters. The van der Waals surface area contributed by atoms with Gasteiger partial charge in [-0.2, -0.15) is 4.99 Å². The number of rotatable bonds is 8. The minimum Gasteiger partial charge on any atom is -0.489 e. The van der Waals surface area contributed by atoms with Crippen molar-refractivity contribution < 1.29 is 33.3 Å². The van der Waals surface area contributed by atoms with Gasteiger partial charge in [-0.1, -0.05) is 42.5 Å². The molecule has 0 aliphatic rings. The van der Waals surface area contributed by atoms with E-state index < -0.39 is 35.4 Å². The Balaban J connectivity index is 1.82. The Hall–Kier alpha value is -4.86. The summed E-state index contributed by atoms with van der Waals surface area (Å²) in [6.45, 7) is 10.7. The second kappa shape index (κ2) is 14.4. The van der Waals surface area contributed by atoms with Gasteiger partial charge in [0.05, 0.1) is 7.11 Å². The van der Waals surface area contributed by atoms with Crippen molar-refractivity contribution in [3.63, 3.8) is 0 Å². The average molecular weight is 590 g/mol. The van der Waals surface area contributed by atoms with Gasteiger partial charge in [-0.25, -0.2) is 14.4 Å². The summed E-state index contributed by atoms with van der Waals surface area (Å²) in [5, 5.41) is 5.71. The number of benzene rings is 3. The molecule has 10 heteroatoms. The van der Waals surface area contributed by atoms with E-state index in [1.165, 1.54) is 7.11 Å². The van der Waals surface area contributed by atoms with Gasteiger partial charge in [0.1, 0.15) is 29.4 Å². The summed E-state index contributed by atoms with van der Waals surface area (Å²) in [6, 6.07) is 22.8. The number of aliphatic imine (C=N–C) groups is 1. The molecule has 0 radical (unpaired) electrons. The Bertz CT molecular complexity index is 1420. The molecule has 3 rings (SSSR count). The van der Waals surface area contributed by atoms with Gasteiger partial charge in [0.15, 0.2) is 6.04 Å². The first kappa shape index (κ1) is 32.7. The van der Waals surface area contributed by atoms with Crippen LogP contribution in [0.5, 0.6) is 5.75 Å². The quantitative estimate of drug-likeness (QED) is 0.127. The largest absolute Gasteiger partial charge is 0.489 e. The van der Waals surface area contributed by atoms with Crippen LogP contribution in [0, 0.1) is 0 Å². The number of ether oxygens (including phenoxy) is 4. The fourth-order valence-corrected chi connectivity index (χ4v) is 3.75. The zero-order valence-corrected chi connectivity index (χ0v) is 25.6. The van der Waals surface area contributed by atoms with E-state index in [0.29, 0.717) is 29.2 Å². The van der Waals surface area contributed by atoms with E-state index in [9.17, 15) is 14.4 Å². The van der Waals surface area contributed by atoms with E-state index in [2.05, 4.69) is 15.6 Å². The molecule has 228 valence electrons. The van der Waals surface area contributed by atoms with E-state index in [0.717, 1.165) is 5.56 Å². The monoisotopic (exact) mass is 589 g/mol. The molecule has 0 bridgehead atoms. The maximum Gasteiger partial charge on any atom is 0.436 e. The van der Waals surface area contributed by atoms with Gasteiger partial charge in [0.25, 0.3) is 0 Å². The van der Waals surface area contributed by atoms with Crippen LogP contribution in [0.25, 0.3) is 0 Å². The first-order valence-corrected chi connectivity index (χ1v) is 13.8. The highest BCUT2D eigenvalue weighted by Gasteiger charge is 2.23. The molecular weight excluding hydrogens is 550 g/mol. The van der Waals surface area contributed by atoms with Crippen molar-refractivity contribution >= 4 is 29.7 Å². The molecule has 0 aromatic heterocycles. The average Bonchev–Trinajstić information content (AvgIpc) is 2.93. The third-order valence-corrected chi connectivity index (χ3v) is 5.56. The van der Waals surface area contributed by atoms with Gasteiger partial charge in [-0.3, -0.25) is 5.32 Å². The van der Waals surface area contributed by atoms with E-state index >= 15 is 0 Å². The fourth-order valence-electron chi connectivity index (χ4n) is 3.75. The van der Waals surface area contributed by atoms with Crippen molar-refractivity contribution in [2.45, 2.75) is 65.4 Å². The predicted octanol–water partition coefficient (Wildman–Crippen LogP) is 6.80. The van der Waals surface area contributed by atoms with Crippen LogP contribution in [0.15, 0.2) is 83.9 Å². The van der Waals surface area contributed by atoms with Crippen molar-refractivity contribution in [2.24, 2.45) is 4.99 Å². The number of amides is 2. The third-order valence-electron chi connectivity index (χ3n) is 5.56. The lowest BCUT2D eigenvalue weighted by Gasteiger charge is -2.21. The minimum absolute atomic E-state index is 0.0529. The van der Waals surface area contributed by atoms with Gasteiger partial charge in [0.2, 0.25) is 0 Å². The van der Waals surface area contributed by atoms with Crippen LogP contribution in [-0.2, 0) is 25.6 Å². The number of esters is 1. The summed E-state index contributed by atoms with van der Waals surface area (Å²) in [6.07, 6.45) is -1.65. The molecule has 3 aromatic rings. The molecule has 0 saturated heterocycles. The highest BCUT2D eigenvalue weighted by Crippen LogP contribution is 2.25. The predicted molar refractivity (Wildman–Crippen MR) is 164 cm³/mol. The van der Waals surface area contributed by atoms with Gasteiger partial charge in [-0.05, 0) is 89.1 Å². The molecule has 2 N–H and O–H groups in total. The standard InChI is InChI=1S/C33H39N3O7/c1-32(2,3)42-30(38)35-28(36-31(39)43-33(4,5)6)23-16-18-25(19-17-23)34-27(29(37)40-7)24-14-11-15-26(20-24)41-21-22-12-9-8-10-13-22/h8-20,27,34H,21H2,1-7H3,(H,35,36,38,39). The van der Waals surface area contributed by atoms with Crippen molar-refractivity contribution in [1.82, 2.24) is 5.32 Å². The van der Waals surface area contributed by atoms with Crippen LogP contribution < -0.4 is 15.4 Å². The molecule has 0 saturated carbocycles.